The van der Waals surface area contributed by atoms with Gasteiger partial charge < -0.3 is 10.1 Å². The Bertz CT molecular complexity index is 548. The van der Waals surface area contributed by atoms with Crippen molar-refractivity contribution >= 4 is 17.6 Å². The molecule has 0 bridgehead atoms. The lowest BCUT2D eigenvalue weighted by Gasteiger charge is -2.09. The molecule has 0 saturated carbocycles. The third-order valence-electron chi connectivity index (χ3n) is 2.83. The molecule has 0 saturated heterocycles. The van der Waals surface area contributed by atoms with Crippen LogP contribution >= 0.6 is 11.8 Å². The second-order valence-electron chi connectivity index (χ2n) is 4.55. The third-order valence-corrected chi connectivity index (χ3v) is 3.70. The molecule has 1 N–H and O–H groups in total. The molecular formula is C16H21N3OS. The minimum absolute atomic E-state index is 0.715. The van der Waals surface area contributed by atoms with Gasteiger partial charge >= 0.3 is 0 Å². The van der Waals surface area contributed by atoms with Crippen LogP contribution in [0.2, 0.25) is 0 Å². The molecular weight excluding hydrogens is 282 g/mol. The zero-order chi connectivity index (χ0) is 14.9. The molecule has 21 heavy (non-hydrogen) atoms. The highest BCUT2D eigenvalue weighted by molar-refractivity contribution is 7.99. The van der Waals surface area contributed by atoms with Gasteiger partial charge in [-0.2, -0.15) is 0 Å². The van der Waals surface area contributed by atoms with Crippen LogP contribution in [0.1, 0.15) is 13.3 Å². The summed E-state index contributed by atoms with van der Waals surface area (Å²) in [6.45, 7) is 3.76. The Morgan fingerprint density at radius 2 is 2.00 bits per heavy atom. The highest BCUT2D eigenvalue weighted by atomic mass is 32.2. The summed E-state index contributed by atoms with van der Waals surface area (Å²) in [4.78, 5) is 9.24. The summed E-state index contributed by atoms with van der Waals surface area (Å²) in [6.07, 6.45) is 1.07. The van der Waals surface area contributed by atoms with E-state index in [0.29, 0.717) is 6.61 Å². The molecule has 0 spiro atoms. The van der Waals surface area contributed by atoms with Gasteiger partial charge in [-0.3, -0.25) is 0 Å². The van der Waals surface area contributed by atoms with Crippen molar-refractivity contribution in [1.29, 1.82) is 0 Å². The Balaban J connectivity index is 2.23. The van der Waals surface area contributed by atoms with E-state index in [-0.39, 0.29) is 0 Å². The van der Waals surface area contributed by atoms with E-state index in [1.807, 2.05) is 36.4 Å². The summed E-state index contributed by atoms with van der Waals surface area (Å²) in [5, 5.41) is 4.31. The van der Waals surface area contributed by atoms with Crippen LogP contribution in [0, 0.1) is 0 Å². The fourth-order valence-electron chi connectivity index (χ4n) is 1.79. The Labute approximate surface area is 130 Å². The van der Waals surface area contributed by atoms with Gasteiger partial charge in [0.25, 0.3) is 0 Å². The predicted molar refractivity (Wildman–Crippen MR) is 88.8 cm³/mol. The first-order valence-corrected chi connectivity index (χ1v) is 8.12. The van der Waals surface area contributed by atoms with Crippen molar-refractivity contribution in [1.82, 2.24) is 9.97 Å². The van der Waals surface area contributed by atoms with Gasteiger partial charge in [-0.15, -0.1) is 11.8 Å². The minimum Gasteiger partial charge on any atom is -0.384 e. The topological polar surface area (TPSA) is 47.0 Å². The second-order valence-corrected chi connectivity index (χ2v) is 5.66. The number of ether oxygens (including phenoxy) is 1. The van der Waals surface area contributed by atoms with E-state index in [1.54, 1.807) is 18.9 Å². The molecule has 0 aliphatic rings. The zero-order valence-electron chi connectivity index (χ0n) is 12.5. The summed E-state index contributed by atoms with van der Waals surface area (Å²) in [7, 11) is 1.71. The molecule has 4 nitrogen and oxygen atoms in total. The number of hydrogen-bond donors (Lipinski definition) is 1. The SMILES string of the molecule is CCCNc1cc(SCCOC)nc(-c2ccccc2)n1. The molecule has 0 unspecified atom stereocenters. The Morgan fingerprint density at radius 3 is 2.71 bits per heavy atom. The van der Waals surface area contributed by atoms with Crippen molar-refractivity contribution in [2.45, 2.75) is 18.4 Å². The molecule has 1 heterocycles. The van der Waals surface area contributed by atoms with Gasteiger partial charge in [0, 0.05) is 31.0 Å². The number of rotatable bonds is 8. The molecule has 2 aromatic rings. The van der Waals surface area contributed by atoms with Crippen molar-refractivity contribution in [3.05, 3.63) is 36.4 Å². The van der Waals surface area contributed by atoms with Crippen LogP contribution < -0.4 is 5.32 Å². The van der Waals surface area contributed by atoms with Gasteiger partial charge in [-0.1, -0.05) is 37.3 Å². The van der Waals surface area contributed by atoms with Crippen LogP contribution in [0.5, 0.6) is 0 Å². The first-order chi connectivity index (χ1) is 10.3. The van der Waals surface area contributed by atoms with E-state index in [0.717, 1.165) is 41.0 Å². The number of methoxy groups -OCH3 is 1. The first kappa shape index (κ1) is 15.8. The maximum absolute atomic E-state index is 5.09. The maximum atomic E-state index is 5.09. The number of hydrogen-bond acceptors (Lipinski definition) is 5. The van der Waals surface area contributed by atoms with Crippen LogP contribution in [0.3, 0.4) is 0 Å². The van der Waals surface area contributed by atoms with E-state index in [1.165, 1.54) is 0 Å². The Kier molecular flexibility index (Phi) is 6.50. The minimum atomic E-state index is 0.715. The summed E-state index contributed by atoms with van der Waals surface area (Å²) < 4.78 is 5.09. The van der Waals surface area contributed by atoms with E-state index in [9.17, 15) is 0 Å². The van der Waals surface area contributed by atoms with E-state index >= 15 is 0 Å². The van der Waals surface area contributed by atoms with E-state index in [4.69, 9.17) is 4.74 Å². The number of aromatic nitrogens is 2. The molecule has 0 radical (unpaired) electrons. The number of nitrogens with zero attached hydrogens (tertiary/aromatic N) is 2. The molecule has 0 amide bonds. The quantitative estimate of drug-likeness (QED) is 0.458. The first-order valence-electron chi connectivity index (χ1n) is 7.13. The monoisotopic (exact) mass is 303 g/mol. The van der Waals surface area contributed by atoms with Gasteiger partial charge in [-0.05, 0) is 6.42 Å². The fourth-order valence-corrected chi connectivity index (χ4v) is 2.59. The molecule has 0 fully saturated rings. The van der Waals surface area contributed by atoms with Crippen molar-refractivity contribution in [3.63, 3.8) is 0 Å². The van der Waals surface area contributed by atoms with Crippen molar-refractivity contribution < 1.29 is 4.74 Å². The van der Waals surface area contributed by atoms with Crippen LogP contribution in [0.25, 0.3) is 11.4 Å². The number of anilines is 1. The molecule has 5 heteroatoms. The van der Waals surface area contributed by atoms with Crippen LogP contribution in [-0.4, -0.2) is 36.0 Å². The lowest BCUT2D eigenvalue weighted by Crippen LogP contribution is -2.04. The maximum Gasteiger partial charge on any atom is 0.162 e. The molecule has 0 aliphatic heterocycles. The standard InChI is InChI=1S/C16H21N3OS/c1-3-9-17-14-12-15(21-11-10-20-2)19-16(18-14)13-7-5-4-6-8-13/h4-8,12H,3,9-11H2,1-2H3,(H,17,18,19). The number of nitrogens with one attached hydrogen (secondary N) is 1. The molecule has 2 rings (SSSR count). The molecule has 112 valence electrons. The normalized spacial score (nSPS) is 10.6. The number of thioether (sulfide) groups is 1. The highest BCUT2D eigenvalue weighted by Gasteiger charge is 2.07. The van der Waals surface area contributed by atoms with Crippen molar-refractivity contribution in [2.75, 3.05) is 31.3 Å². The van der Waals surface area contributed by atoms with E-state index < -0.39 is 0 Å². The summed E-state index contributed by atoms with van der Waals surface area (Å²) >= 11 is 1.69. The van der Waals surface area contributed by atoms with E-state index in [2.05, 4.69) is 22.2 Å². The predicted octanol–water partition coefficient (Wildman–Crippen LogP) is 3.70. The Morgan fingerprint density at radius 1 is 1.19 bits per heavy atom. The third kappa shape index (κ3) is 5.02. The van der Waals surface area contributed by atoms with Crippen LogP contribution in [-0.2, 0) is 4.74 Å². The largest absolute Gasteiger partial charge is 0.384 e. The molecule has 0 aliphatic carbocycles. The lowest BCUT2D eigenvalue weighted by molar-refractivity contribution is 0.218. The van der Waals surface area contributed by atoms with Gasteiger partial charge in [0.15, 0.2) is 5.82 Å². The molecule has 0 atom stereocenters. The molecule has 1 aromatic heterocycles. The van der Waals surface area contributed by atoms with Crippen LogP contribution in [0.4, 0.5) is 5.82 Å². The van der Waals surface area contributed by atoms with Gasteiger partial charge in [0.2, 0.25) is 0 Å². The fraction of sp³-hybridized carbons (Fsp3) is 0.375. The Hall–Kier alpha value is -1.59. The zero-order valence-corrected chi connectivity index (χ0v) is 13.3. The van der Waals surface area contributed by atoms with Gasteiger partial charge in [0.05, 0.1) is 6.61 Å². The lowest BCUT2D eigenvalue weighted by atomic mass is 10.2. The summed E-state index contributed by atoms with van der Waals surface area (Å²) in [6, 6.07) is 12.1. The average molecular weight is 303 g/mol. The molecule has 1 aromatic carbocycles. The van der Waals surface area contributed by atoms with Gasteiger partial charge in [-0.25, -0.2) is 9.97 Å². The highest BCUT2D eigenvalue weighted by Crippen LogP contribution is 2.23. The van der Waals surface area contributed by atoms with Crippen molar-refractivity contribution in [3.8, 4) is 11.4 Å². The second kappa shape index (κ2) is 8.64. The smallest absolute Gasteiger partial charge is 0.162 e. The summed E-state index contributed by atoms with van der Waals surface area (Å²) in [5.41, 5.74) is 1.03. The average Bonchev–Trinajstić information content (AvgIpc) is 2.54. The van der Waals surface area contributed by atoms with Crippen molar-refractivity contribution in [2.24, 2.45) is 0 Å². The van der Waals surface area contributed by atoms with Gasteiger partial charge in [0.1, 0.15) is 10.8 Å². The van der Waals surface area contributed by atoms with Crippen LogP contribution in [0.15, 0.2) is 41.4 Å². The number of benzene rings is 1. The summed E-state index contributed by atoms with van der Waals surface area (Å²) in [5.74, 6) is 2.52.